The number of aliphatic carboxylic acids is 1. The highest BCUT2D eigenvalue weighted by atomic mass is 16.5. The molecule has 0 aliphatic carbocycles. The van der Waals surface area contributed by atoms with Crippen LogP contribution in [0.3, 0.4) is 0 Å². The summed E-state index contributed by atoms with van der Waals surface area (Å²) in [5.41, 5.74) is 0.745. The zero-order valence-electron chi connectivity index (χ0n) is 12.6. The molecule has 2 heterocycles. The second kappa shape index (κ2) is 5.95. The van der Waals surface area contributed by atoms with Crippen LogP contribution in [0.25, 0.3) is 0 Å². The molecule has 0 saturated carbocycles. The van der Waals surface area contributed by atoms with E-state index in [1.807, 2.05) is 26.8 Å². The van der Waals surface area contributed by atoms with Gasteiger partial charge in [-0.25, -0.2) is 0 Å². The van der Waals surface area contributed by atoms with E-state index in [2.05, 4.69) is 10.1 Å². The van der Waals surface area contributed by atoms with Gasteiger partial charge in [-0.1, -0.05) is 19.0 Å². The van der Waals surface area contributed by atoms with E-state index in [1.54, 1.807) is 0 Å². The second-order valence-corrected chi connectivity index (χ2v) is 6.55. The molecule has 1 aromatic rings. The van der Waals surface area contributed by atoms with Crippen LogP contribution >= 0.6 is 0 Å². The Kier molecular flexibility index (Phi) is 4.48. The summed E-state index contributed by atoms with van der Waals surface area (Å²) in [4.78, 5) is 13.3. The molecule has 0 amide bonds. The first-order valence-corrected chi connectivity index (χ1v) is 7.26. The minimum Gasteiger partial charge on any atom is -0.481 e. The molecule has 1 saturated heterocycles. The Morgan fingerprint density at radius 3 is 2.95 bits per heavy atom. The van der Waals surface area contributed by atoms with Crippen LogP contribution in [0.1, 0.15) is 57.0 Å². The Labute approximate surface area is 119 Å². The Morgan fingerprint density at radius 2 is 2.35 bits per heavy atom. The largest absolute Gasteiger partial charge is 0.481 e. The summed E-state index contributed by atoms with van der Waals surface area (Å²) in [5, 5.41) is 12.9. The molecule has 1 aliphatic rings. The van der Waals surface area contributed by atoms with Crippen LogP contribution in [0.5, 0.6) is 0 Å². The van der Waals surface area contributed by atoms with Crippen molar-refractivity contribution >= 4 is 5.97 Å². The first-order chi connectivity index (χ1) is 9.37. The number of aromatic nitrogens is 1. The van der Waals surface area contributed by atoms with Crippen LogP contribution in [0.15, 0.2) is 10.6 Å². The van der Waals surface area contributed by atoms with E-state index in [0.29, 0.717) is 6.04 Å². The molecule has 20 heavy (non-hydrogen) atoms. The number of carboxylic acids is 1. The molecule has 2 rings (SSSR count). The van der Waals surface area contributed by atoms with Crippen molar-refractivity contribution in [3.05, 3.63) is 17.5 Å². The smallest absolute Gasteiger partial charge is 0.303 e. The van der Waals surface area contributed by atoms with E-state index in [0.717, 1.165) is 43.8 Å². The first kappa shape index (κ1) is 15.0. The fourth-order valence-electron chi connectivity index (χ4n) is 2.90. The van der Waals surface area contributed by atoms with Crippen molar-refractivity contribution in [1.29, 1.82) is 0 Å². The third kappa shape index (κ3) is 3.82. The van der Waals surface area contributed by atoms with Gasteiger partial charge in [-0.2, -0.15) is 0 Å². The molecule has 0 aromatic carbocycles. The molecule has 1 aliphatic heterocycles. The molecule has 112 valence electrons. The Bertz CT molecular complexity index is 467. The Morgan fingerprint density at radius 1 is 1.60 bits per heavy atom. The standard InChI is InChI=1S/C15H24N2O3/c1-11-9-13(20-16-11)12-5-4-7-17(12)8-6-15(2,3)10-14(18)19/h9,12H,4-8,10H2,1-3H3,(H,18,19). The van der Waals surface area contributed by atoms with E-state index in [-0.39, 0.29) is 11.8 Å². The third-order valence-electron chi connectivity index (χ3n) is 4.04. The molecule has 5 nitrogen and oxygen atoms in total. The molecular formula is C15H24N2O3. The molecule has 1 aromatic heterocycles. The Hall–Kier alpha value is -1.36. The maximum absolute atomic E-state index is 10.9. The quantitative estimate of drug-likeness (QED) is 0.867. The van der Waals surface area contributed by atoms with Gasteiger partial charge in [0.05, 0.1) is 18.2 Å². The van der Waals surface area contributed by atoms with Crippen molar-refractivity contribution in [2.24, 2.45) is 5.41 Å². The lowest BCUT2D eigenvalue weighted by molar-refractivity contribution is -0.139. The third-order valence-corrected chi connectivity index (χ3v) is 4.04. The number of rotatable bonds is 6. The molecule has 0 spiro atoms. The van der Waals surface area contributed by atoms with Gasteiger partial charge in [-0.15, -0.1) is 0 Å². The molecule has 1 N–H and O–H groups in total. The summed E-state index contributed by atoms with van der Waals surface area (Å²) in [5.74, 6) is 0.217. The number of aryl methyl sites for hydroxylation is 1. The first-order valence-electron chi connectivity index (χ1n) is 7.26. The van der Waals surface area contributed by atoms with Gasteiger partial charge < -0.3 is 9.63 Å². The van der Waals surface area contributed by atoms with E-state index < -0.39 is 5.97 Å². The van der Waals surface area contributed by atoms with Crippen molar-refractivity contribution in [2.45, 2.75) is 52.5 Å². The van der Waals surface area contributed by atoms with Crippen LogP contribution in [0, 0.1) is 12.3 Å². The number of carboxylic acid groups (broad SMARTS) is 1. The highest BCUT2D eigenvalue weighted by molar-refractivity contribution is 5.67. The van der Waals surface area contributed by atoms with Gasteiger partial charge in [0.1, 0.15) is 0 Å². The van der Waals surface area contributed by atoms with Gasteiger partial charge in [-0.3, -0.25) is 9.69 Å². The molecule has 1 unspecified atom stereocenters. The van der Waals surface area contributed by atoms with Gasteiger partial charge in [0.2, 0.25) is 0 Å². The fraction of sp³-hybridized carbons (Fsp3) is 0.733. The highest BCUT2D eigenvalue weighted by Crippen LogP contribution is 2.34. The minimum absolute atomic E-state index is 0.170. The van der Waals surface area contributed by atoms with E-state index in [4.69, 9.17) is 9.63 Å². The van der Waals surface area contributed by atoms with Crippen LogP contribution in [-0.2, 0) is 4.79 Å². The van der Waals surface area contributed by atoms with E-state index in [1.165, 1.54) is 0 Å². The van der Waals surface area contributed by atoms with Crippen molar-refractivity contribution in [2.75, 3.05) is 13.1 Å². The summed E-state index contributed by atoms with van der Waals surface area (Å²) in [6.45, 7) is 7.93. The van der Waals surface area contributed by atoms with Gasteiger partial charge >= 0.3 is 5.97 Å². The van der Waals surface area contributed by atoms with Gasteiger partial charge in [0, 0.05) is 6.07 Å². The van der Waals surface area contributed by atoms with Gasteiger partial charge in [-0.05, 0) is 44.7 Å². The van der Waals surface area contributed by atoms with Crippen LogP contribution < -0.4 is 0 Å². The molecule has 5 heteroatoms. The number of nitrogens with zero attached hydrogens (tertiary/aromatic N) is 2. The zero-order valence-corrected chi connectivity index (χ0v) is 12.6. The average molecular weight is 280 g/mol. The lowest BCUT2D eigenvalue weighted by Gasteiger charge is -2.28. The summed E-state index contributed by atoms with van der Waals surface area (Å²) in [7, 11) is 0. The molecule has 1 atom stereocenters. The topological polar surface area (TPSA) is 66.6 Å². The number of hydrogen-bond acceptors (Lipinski definition) is 4. The minimum atomic E-state index is -0.723. The highest BCUT2D eigenvalue weighted by Gasteiger charge is 2.31. The summed E-state index contributed by atoms with van der Waals surface area (Å²) in [6.07, 6.45) is 3.34. The predicted octanol–water partition coefficient (Wildman–Crippen LogP) is 3.01. The lowest BCUT2D eigenvalue weighted by atomic mass is 9.85. The molecule has 1 fully saturated rings. The van der Waals surface area contributed by atoms with Crippen LogP contribution in [0.2, 0.25) is 0 Å². The van der Waals surface area contributed by atoms with Crippen molar-refractivity contribution in [3.63, 3.8) is 0 Å². The zero-order chi connectivity index (χ0) is 14.8. The molecule has 0 bridgehead atoms. The maximum atomic E-state index is 10.9. The fourth-order valence-corrected chi connectivity index (χ4v) is 2.90. The van der Waals surface area contributed by atoms with Crippen molar-refractivity contribution in [1.82, 2.24) is 10.1 Å². The van der Waals surface area contributed by atoms with E-state index in [9.17, 15) is 4.79 Å². The molecular weight excluding hydrogens is 256 g/mol. The Balaban J connectivity index is 1.93. The molecule has 0 radical (unpaired) electrons. The normalized spacial score (nSPS) is 20.4. The van der Waals surface area contributed by atoms with E-state index >= 15 is 0 Å². The van der Waals surface area contributed by atoms with Gasteiger partial charge in [0.15, 0.2) is 5.76 Å². The predicted molar refractivity (Wildman–Crippen MR) is 75.4 cm³/mol. The monoisotopic (exact) mass is 280 g/mol. The van der Waals surface area contributed by atoms with Crippen molar-refractivity contribution in [3.8, 4) is 0 Å². The van der Waals surface area contributed by atoms with Gasteiger partial charge in [0.25, 0.3) is 0 Å². The van der Waals surface area contributed by atoms with Crippen LogP contribution in [-0.4, -0.2) is 34.2 Å². The lowest BCUT2D eigenvalue weighted by Crippen LogP contribution is -2.29. The summed E-state index contributed by atoms with van der Waals surface area (Å²) < 4.78 is 5.39. The SMILES string of the molecule is Cc1cc(C2CCCN2CCC(C)(C)CC(=O)O)on1. The number of likely N-dealkylation sites (tertiary alicyclic amines) is 1. The summed E-state index contributed by atoms with van der Waals surface area (Å²) in [6, 6.07) is 2.31. The van der Waals surface area contributed by atoms with Crippen LogP contribution in [0.4, 0.5) is 0 Å². The van der Waals surface area contributed by atoms with Crippen molar-refractivity contribution < 1.29 is 14.4 Å². The number of hydrogen-bond donors (Lipinski definition) is 1. The maximum Gasteiger partial charge on any atom is 0.303 e. The number of carbonyl (C=O) groups is 1. The second-order valence-electron chi connectivity index (χ2n) is 6.55. The summed E-state index contributed by atoms with van der Waals surface area (Å²) >= 11 is 0. The average Bonchev–Trinajstić information content (AvgIpc) is 2.92.